The summed E-state index contributed by atoms with van der Waals surface area (Å²) in [5.74, 6) is -0.484. The van der Waals surface area contributed by atoms with Crippen molar-refractivity contribution >= 4 is 18.5 Å². The molecule has 0 heterocycles. The monoisotopic (exact) mass is 241 g/mol. The number of rotatable bonds is 6. The molecule has 0 aromatic rings. The second-order valence-corrected chi connectivity index (χ2v) is 4.14. The third-order valence-electron chi connectivity index (χ3n) is 1.92. The van der Waals surface area contributed by atoms with Gasteiger partial charge in [0.15, 0.2) is 0 Å². The van der Waals surface area contributed by atoms with Gasteiger partial charge in [-0.2, -0.15) is 12.6 Å². The summed E-state index contributed by atoms with van der Waals surface area (Å²) in [5.41, 5.74) is 0. The lowest BCUT2D eigenvalue weighted by molar-refractivity contribution is -0.133. The highest BCUT2D eigenvalue weighted by Gasteiger charge is 2.25. The third kappa shape index (κ3) is 5.32. The van der Waals surface area contributed by atoms with Gasteiger partial charge in [-0.25, -0.2) is 8.78 Å². The first-order valence-corrected chi connectivity index (χ1v) is 5.27. The van der Waals surface area contributed by atoms with E-state index in [2.05, 4.69) is 12.6 Å². The molecule has 3 nitrogen and oxygen atoms in total. The van der Waals surface area contributed by atoms with E-state index in [9.17, 15) is 13.6 Å². The van der Waals surface area contributed by atoms with Gasteiger partial charge in [-0.3, -0.25) is 4.79 Å². The summed E-state index contributed by atoms with van der Waals surface area (Å²) in [6.07, 6.45) is -2.59. The van der Waals surface area contributed by atoms with Crippen LogP contribution in [0.3, 0.4) is 0 Å². The number of carbonyl (C=O) groups excluding carboxylic acids is 1. The second-order valence-electron chi connectivity index (χ2n) is 3.59. The smallest absolute Gasteiger partial charge is 0.255 e. The van der Waals surface area contributed by atoms with Crippen molar-refractivity contribution in [3.05, 3.63) is 0 Å². The first-order valence-electron chi connectivity index (χ1n) is 4.76. The van der Waals surface area contributed by atoms with Crippen LogP contribution in [-0.4, -0.2) is 47.3 Å². The van der Waals surface area contributed by atoms with E-state index in [1.807, 2.05) is 0 Å². The number of thiol groups is 1. The van der Waals surface area contributed by atoms with Gasteiger partial charge in [0.25, 0.3) is 6.43 Å². The predicted octanol–water partition coefficient (Wildman–Crippen LogP) is 1.03. The van der Waals surface area contributed by atoms with Crippen LogP contribution in [0.1, 0.15) is 13.8 Å². The van der Waals surface area contributed by atoms with Crippen molar-refractivity contribution in [2.75, 3.05) is 19.7 Å². The van der Waals surface area contributed by atoms with Crippen molar-refractivity contribution in [1.29, 1.82) is 0 Å². The zero-order valence-corrected chi connectivity index (χ0v) is 9.75. The fourth-order valence-corrected chi connectivity index (χ4v) is 1.21. The van der Waals surface area contributed by atoms with E-state index in [4.69, 9.17) is 5.11 Å². The van der Waals surface area contributed by atoms with Crippen LogP contribution in [0.5, 0.6) is 0 Å². The van der Waals surface area contributed by atoms with Gasteiger partial charge in [-0.05, 0) is 5.92 Å². The lowest BCUT2D eigenvalue weighted by Crippen LogP contribution is -2.43. The molecule has 0 aromatic carbocycles. The Hall–Kier alpha value is -0.360. The molecular formula is C9H17F2NO2S. The van der Waals surface area contributed by atoms with Gasteiger partial charge in [0, 0.05) is 6.54 Å². The van der Waals surface area contributed by atoms with E-state index in [-0.39, 0.29) is 19.1 Å². The molecule has 1 N–H and O–H groups in total. The normalized spacial score (nSPS) is 13.3. The number of halogens is 2. The van der Waals surface area contributed by atoms with E-state index in [0.29, 0.717) is 0 Å². The van der Waals surface area contributed by atoms with E-state index in [0.717, 1.165) is 4.90 Å². The van der Waals surface area contributed by atoms with Gasteiger partial charge >= 0.3 is 0 Å². The molecule has 90 valence electrons. The minimum atomic E-state index is -2.59. The van der Waals surface area contributed by atoms with E-state index in [1.54, 1.807) is 13.8 Å². The summed E-state index contributed by atoms with van der Waals surface area (Å²) >= 11 is 4.06. The molecule has 0 spiro atoms. The Morgan fingerprint density at radius 3 is 2.33 bits per heavy atom. The average molecular weight is 241 g/mol. The third-order valence-corrected chi connectivity index (χ3v) is 2.74. The molecule has 0 aliphatic carbocycles. The lowest BCUT2D eigenvalue weighted by Gasteiger charge is -2.25. The molecule has 1 amide bonds. The van der Waals surface area contributed by atoms with Crippen LogP contribution in [0, 0.1) is 5.92 Å². The van der Waals surface area contributed by atoms with Crippen LogP contribution >= 0.6 is 12.6 Å². The van der Waals surface area contributed by atoms with Crippen molar-refractivity contribution in [2.45, 2.75) is 25.5 Å². The van der Waals surface area contributed by atoms with Gasteiger partial charge < -0.3 is 10.0 Å². The van der Waals surface area contributed by atoms with E-state index < -0.39 is 24.1 Å². The number of nitrogens with zero attached hydrogens (tertiary/aromatic N) is 1. The fourth-order valence-electron chi connectivity index (χ4n) is 1.05. The molecule has 0 bridgehead atoms. The molecule has 0 aliphatic rings. The molecule has 0 fully saturated rings. The molecule has 0 saturated carbocycles. The van der Waals surface area contributed by atoms with Crippen LogP contribution < -0.4 is 0 Å². The van der Waals surface area contributed by atoms with E-state index >= 15 is 0 Å². The summed E-state index contributed by atoms with van der Waals surface area (Å²) in [6.45, 7) is 2.53. The maximum absolute atomic E-state index is 12.1. The maximum atomic E-state index is 12.1. The summed E-state index contributed by atoms with van der Waals surface area (Å²) in [4.78, 5) is 12.6. The molecule has 6 heteroatoms. The van der Waals surface area contributed by atoms with Gasteiger partial charge in [-0.1, -0.05) is 13.8 Å². The molecule has 1 unspecified atom stereocenters. The van der Waals surface area contributed by atoms with Crippen LogP contribution in [0.4, 0.5) is 8.78 Å². The Kier molecular flexibility index (Phi) is 6.84. The van der Waals surface area contributed by atoms with Gasteiger partial charge in [0.2, 0.25) is 5.91 Å². The Labute approximate surface area is 93.9 Å². The van der Waals surface area contributed by atoms with Gasteiger partial charge in [0.05, 0.1) is 18.4 Å². The summed E-state index contributed by atoms with van der Waals surface area (Å²) < 4.78 is 24.3. The topological polar surface area (TPSA) is 40.5 Å². The number of aliphatic hydroxyl groups is 1. The van der Waals surface area contributed by atoms with Gasteiger partial charge in [0.1, 0.15) is 0 Å². The average Bonchev–Trinajstić information content (AvgIpc) is 2.14. The highest BCUT2D eigenvalue weighted by atomic mass is 32.1. The number of alkyl halides is 2. The zero-order chi connectivity index (χ0) is 12.0. The van der Waals surface area contributed by atoms with Crippen molar-refractivity contribution in [1.82, 2.24) is 4.90 Å². The number of aliphatic hydroxyl groups excluding tert-OH is 1. The summed E-state index contributed by atoms with van der Waals surface area (Å²) in [7, 11) is 0. The molecule has 15 heavy (non-hydrogen) atoms. The number of hydrogen-bond acceptors (Lipinski definition) is 3. The van der Waals surface area contributed by atoms with Crippen molar-refractivity contribution in [3.8, 4) is 0 Å². The maximum Gasteiger partial charge on any atom is 0.255 e. The Balaban J connectivity index is 4.40. The first kappa shape index (κ1) is 14.6. The highest BCUT2D eigenvalue weighted by Crippen LogP contribution is 2.13. The van der Waals surface area contributed by atoms with E-state index in [1.165, 1.54) is 0 Å². The van der Waals surface area contributed by atoms with Crippen LogP contribution in [-0.2, 0) is 4.79 Å². The first-order chi connectivity index (χ1) is 6.90. The SMILES string of the molecule is CC(C)C(S)C(=O)N(CCO)CC(F)F. The van der Waals surface area contributed by atoms with Crippen molar-refractivity contribution in [3.63, 3.8) is 0 Å². The second kappa shape index (κ2) is 7.00. The largest absolute Gasteiger partial charge is 0.395 e. The number of carbonyl (C=O) groups is 1. The summed E-state index contributed by atoms with van der Waals surface area (Å²) in [6, 6.07) is 0. The lowest BCUT2D eigenvalue weighted by atomic mass is 10.1. The van der Waals surface area contributed by atoms with Gasteiger partial charge in [-0.15, -0.1) is 0 Å². The summed E-state index contributed by atoms with van der Waals surface area (Å²) in [5, 5.41) is 8.05. The van der Waals surface area contributed by atoms with Crippen molar-refractivity contribution in [2.24, 2.45) is 5.92 Å². The molecule has 0 rings (SSSR count). The van der Waals surface area contributed by atoms with Crippen LogP contribution in [0.25, 0.3) is 0 Å². The minimum Gasteiger partial charge on any atom is -0.395 e. The molecular weight excluding hydrogens is 224 g/mol. The minimum absolute atomic E-state index is 0.0281. The standard InChI is InChI=1S/C9H17F2NO2S/c1-6(2)8(15)9(14)12(3-4-13)5-7(10)11/h6-8,13,15H,3-5H2,1-2H3. The number of hydrogen-bond donors (Lipinski definition) is 2. The molecule has 0 radical (unpaired) electrons. The molecule has 0 aromatic heterocycles. The Bertz CT molecular complexity index is 203. The molecule has 0 aliphatic heterocycles. The van der Waals surface area contributed by atoms with Crippen molar-refractivity contribution < 1.29 is 18.7 Å². The zero-order valence-electron chi connectivity index (χ0n) is 8.86. The predicted molar refractivity (Wildman–Crippen MR) is 57.3 cm³/mol. The highest BCUT2D eigenvalue weighted by molar-refractivity contribution is 7.81. The molecule has 0 saturated heterocycles. The van der Waals surface area contributed by atoms with Crippen LogP contribution in [0.15, 0.2) is 0 Å². The van der Waals surface area contributed by atoms with Crippen LogP contribution in [0.2, 0.25) is 0 Å². The molecule has 1 atom stereocenters. The Morgan fingerprint density at radius 2 is 2.00 bits per heavy atom. The Morgan fingerprint density at radius 1 is 1.47 bits per heavy atom. The fraction of sp³-hybridized carbons (Fsp3) is 0.889. The quantitative estimate of drug-likeness (QED) is 0.682. The number of amides is 1.